The van der Waals surface area contributed by atoms with E-state index in [1.54, 1.807) is 24.9 Å². The van der Waals surface area contributed by atoms with Gasteiger partial charge in [-0.2, -0.15) is 9.78 Å². The van der Waals surface area contributed by atoms with Crippen LogP contribution in [-0.4, -0.2) is 36.0 Å². The molecule has 0 unspecified atom stereocenters. The number of nitrogens with zero attached hydrogens (tertiary/aromatic N) is 6. The summed E-state index contributed by atoms with van der Waals surface area (Å²) >= 11 is 0. The van der Waals surface area contributed by atoms with Crippen molar-refractivity contribution >= 4 is 17.4 Å². The SMILES string of the molecule is Cc1nnnn1-c1cc(NC(=O)Nc2cnn(C)c2)ccc1F. The topological polar surface area (TPSA) is 103 Å². The van der Waals surface area contributed by atoms with Gasteiger partial charge in [0.15, 0.2) is 5.82 Å². The minimum atomic E-state index is -0.501. The number of anilines is 2. The van der Waals surface area contributed by atoms with Gasteiger partial charge in [0.05, 0.1) is 11.9 Å². The van der Waals surface area contributed by atoms with Gasteiger partial charge in [-0.1, -0.05) is 0 Å². The van der Waals surface area contributed by atoms with Crippen molar-refractivity contribution in [3.8, 4) is 5.69 Å². The third-order valence-corrected chi connectivity index (χ3v) is 3.02. The fourth-order valence-corrected chi connectivity index (χ4v) is 1.99. The van der Waals surface area contributed by atoms with Gasteiger partial charge in [0.25, 0.3) is 0 Å². The van der Waals surface area contributed by atoms with Crippen LogP contribution in [0.2, 0.25) is 0 Å². The Balaban J connectivity index is 1.78. The maximum Gasteiger partial charge on any atom is 0.323 e. The molecule has 0 aliphatic heterocycles. The number of rotatable bonds is 3. The molecule has 0 spiro atoms. The van der Waals surface area contributed by atoms with Crippen molar-refractivity contribution in [3.05, 3.63) is 42.2 Å². The first-order valence-corrected chi connectivity index (χ1v) is 6.64. The number of nitrogens with one attached hydrogen (secondary N) is 2. The van der Waals surface area contributed by atoms with Crippen LogP contribution in [0.4, 0.5) is 20.6 Å². The second kappa shape index (κ2) is 5.83. The monoisotopic (exact) mass is 316 g/mol. The van der Waals surface area contributed by atoms with Gasteiger partial charge in [-0.05, 0) is 35.5 Å². The molecule has 2 amide bonds. The van der Waals surface area contributed by atoms with E-state index in [9.17, 15) is 9.18 Å². The van der Waals surface area contributed by atoms with Crippen molar-refractivity contribution in [2.24, 2.45) is 7.05 Å². The van der Waals surface area contributed by atoms with Crippen LogP contribution >= 0.6 is 0 Å². The van der Waals surface area contributed by atoms with Gasteiger partial charge in [0, 0.05) is 18.9 Å². The first kappa shape index (κ1) is 14.6. The smallest absolute Gasteiger partial charge is 0.308 e. The van der Waals surface area contributed by atoms with E-state index in [0.29, 0.717) is 17.2 Å². The second-order valence-corrected chi connectivity index (χ2v) is 4.79. The summed E-state index contributed by atoms with van der Waals surface area (Å²) in [7, 11) is 1.74. The zero-order chi connectivity index (χ0) is 16.4. The molecule has 0 aliphatic carbocycles. The van der Waals surface area contributed by atoms with Crippen molar-refractivity contribution in [2.75, 3.05) is 10.6 Å². The van der Waals surface area contributed by atoms with Crippen LogP contribution < -0.4 is 10.6 Å². The number of tetrazole rings is 1. The van der Waals surface area contributed by atoms with E-state index in [0.717, 1.165) is 0 Å². The number of carbonyl (C=O) groups is 1. The Hall–Kier alpha value is -3.30. The fraction of sp³-hybridized carbons (Fsp3) is 0.154. The highest BCUT2D eigenvalue weighted by Crippen LogP contribution is 2.19. The second-order valence-electron chi connectivity index (χ2n) is 4.79. The first-order chi connectivity index (χ1) is 11.0. The van der Waals surface area contributed by atoms with E-state index >= 15 is 0 Å². The number of urea groups is 1. The van der Waals surface area contributed by atoms with Gasteiger partial charge >= 0.3 is 6.03 Å². The molecule has 118 valence electrons. The number of hydrogen-bond donors (Lipinski definition) is 2. The Morgan fingerprint density at radius 3 is 2.70 bits per heavy atom. The number of aromatic nitrogens is 6. The molecular formula is C13H13FN8O. The molecule has 0 saturated carbocycles. The van der Waals surface area contributed by atoms with E-state index in [-0.39, 0.29) is 5.69 Å². The van der Waals surface area contributed by atoms with Crippen molar-refractivity contribution in [1.29, 1.82) is 0 Å². The summed E-state index contributed by atoms with van der Waals surface area (Å²) in [6.07, 6.45) is 3.17. The predicted octanol–water partition coefficient (Wildman–Crippen LogP) is 1.49. The number of hydrogen-bond acceptors (Lipinski definition) is 5. The lowest BCUT2D eigenvalue weighted by molar-refractivity contribution is 0.262. The van der Waals surface area contributed by atoms with Gasteiger partial charge in [-0.3, -0.25) is 4.68 Å². The summed E-state index contributed by atoms with van der Waals surface area (Å²) in [6.45, 7) is 1.65. The van der Waals surface area contributed by atoms with Crippen molar-refractivity contribution < 1.29 is 9.18 Å². The molecule has 9 nitrogen and oxygen atoms in total. The van der Waals surface area contributed by atoms with E-state index in [4.69, 9.17) is 0 Å². The molecule has 2 N–H and O–H groups in total. The molecule has 0 radical (unpaired) electrons. The average molecular weight is 316 g/mol. The molecule has 0 aliphatic rings. The molecule has 0 saturated heterocycles. The Morgan fingerprint density at radius 2 is 2.04 bits per heavy atom. The Morgan fingerprint density at radius 1 is 1.26 bits per heavy atom. The summed E-state index contributed by atoms with van der Waals surface area (Å²) in [6, 6.07) is 3.66. The molecule has 0 fully saturated rings. The third kappa shape index (κ3) is 3.15. The van der Waals surface area contributed by atoms with Gasteiger partial charge in [-0.25, -0.2) is 9.18 Å². The van der Waals surface area contributed by atoms with Crippen LogP contribution in [0.25, 0.3) is 5.69 Å². The minimum absolute atomic E-state index is 0.145. The van der Waals surface area contributed by atoms with Gasteiger partial charge in [0.1, 0.15) is 11.5 Å². The van der Waals surface area contributed by atoms with Gasteiger partial charge in [0.2, 0.25) is 0 Å². The van der Waals surface area contributed by atoms with E-state index in [1.807, 2.05) is 0 Å². The first-order valence-electron chi connectivity index (χ1n) is 6.64. The summed E-state index contributed by atoms with van der Waals surface area (Å²) < 4.78 is 16.8. The number of amides is 2. The van der Waals surface area contributed by atoms with Crippen LogP contribution in [0.1, 0.15) is 5.82 Å². The van der Waals surface area contributed by atoms with Crippen LogP contribution in [0.5, 0.6) is 0 Å². The Bertz CT molecular complexity index is 855. The fourth-order valence-electron chi connectivity index (χ4n) is 1.99. The standard InChI is InChI=1S/C13H13FN8O/c1-8-18-19-20-22(8)12-5-9(3-4-11(12)14)16-13(23)17-10-6-15-21(2)7-10/h3-7H,1-2H3,(H2,16,17,23). The molecular weight excluding hydrogens is 303 g/mol. The van der Waals surface area contributed by atoms with E-state index in [2.05, 4.69) is 31.3 Å². The molecule has 3 aromatic rings. The molecule has 2 aromatic heterocycles. The summed E-state index contributed by atoms with van der Waals surface area (Å²) in [4.78, 5) is 11.9. The van der Waals surface area contributed by atoms with Crippen LogP contribution in [0, 0.1) is 12.7 Å². The highest BCUT2D eigenvalue weighted by molar-refractivity contribution is 5.99. The van der Waals surface area contributed by atoms with Gasteiger partial charge < -0.3 is 10.6 Å². The quantitative estimate of drug-likeness (QED) is 0.762. The Labute approximate surface area is 130 Å². The average Bonchev–Trinajstić information content (AvgIpc) is 3.09. The zero-order valence-corrected chi connectivity index (χ0v) is 12.4. The van der Waals surface area contributed by atoms with E-state index < -0.39 is 11.8 Å². The molecule has 0 bridgehead atoms. The van der Waals surface area contributed by atoms with Crippen LogP contribution in [0.15, 0.2) is 30.6 Å². The number of aryl methyl sites for hydroxylation is 2. The highest BCUT2D eigenvalue weighted by Gasteiger charge is 2.12. The maximum atomic E-state index is 13.9. The van der Waals surface area contributed by atoms with Crippen molar-refractivity contribution in [2.45, 2.75) is 6.92 Å². The highest BCUT2D eigenvalue weighted by atomic mass is 19.1. The van der Waals surface area contributed by atoms with Crippen molar-refractivity contribution in [3.63, 3.8) is 0 Å². The summed E-state index contributed by atoms with van der Waals surface area (Å²) in [5.41, 5.74) is 1.09. The maximum absolute atomic E-state index is 13.9. The van der Waals surface area contributed by atoms with Gasteiger partial charge in [-0.15, -0.1) is 5.10 Å². The van der Waals surface area contributed by atoms with Crippen molar-refractivity contribution in [1.82, 2.24) is 30.0 Å². The molecule has 0 atom stereocenters. The molecule has 10 heteroatoms. The molecule has 1 aromatic carbocycles. The number of halogens is 1. The lowest BCUT2D eigenvalue weighted by atomic mass is 10.2. The third-order valence-electron chi connectivity index (χ3n) is 3.02. The predicted molar refractivity (Wildman–Crippen MR) is 79.7 cm³/mol. The lowest BCUT2D eigenvalue weighted by Crippen LogP contribution is -2.19. The largest absolute Gasteiger partial charge is 0.323 e. The number of carbonyl (C=O) groups excluding carboxylic acids is 1. The lowest BCUT2D eigenvalue weighted by Gasteiger charge is -2.09. The molecule has 2 heterocycles. The van der Waals surface area contributed by atoms with Crippen LogP contribution in [-0.2, 0) is 7.05 Å². The van der Waals surface area contributed by atoms with Crippen LogP contribution in [0.3, 0.4) is 0 Å². The normalized spacial score (nSPS) is 10.6. The summed E-state index contributed by atoms with van der Waals surface area (Å²) in [5, 5.41) is 20.1. The Kier molecular flexibility index (Phi) is 3.71. The number of benzene rings is 1. The summed E-state index contributed by atoms with van der Waals surface area (Å²) in [5.74, 6) is -0.0699. The minimum Gasteiger partial charge on any atom is -0.308 e. The zero-order valence-electron chi connectivity index (χ0n) is 12.4. The molecule has 23 heavy (non-hydrogen) atoms. The van der Waals surface area contributed by atoms with E-state index in [1.165, 1.54) is 29.1 Å². The molecule has 3 rings (SSSR count).